The van der Waals surface area contributed by atoms with Gasteiger partial charge in [0.05, 0.1) is 7.11 Å². The first-order valence-corrected chi connectivity index (χ1v) is 11.3. The van der Waals surface area contributed by atoms with Gasteiger partial charge in [0, 0.05) is 37.7 Å². The molecule has 1 spiro atoms. The maximum absolute atomic E-state index is 6.64. The second kappa shape index (κ2) is 8.44. The summed E-state index contributed by atoms with van der Waals surface area (Å²) in [6.07, 6.45) is 4.03. The fourth-order valence-electron chi connectivity index (χ4n) is 6.36. The van der Waals surface area contributed by atoms with E-state index in [1.165, 1.54) is 11.1 Å². The molecule has 1 saturated carbocycles. The zero-order chi connectivity index (χ0) is 21.4. The molecular formula is C24H39NO4. The molecule has 2 aliphatic heterocycles. The van der Waals surface area contributed by atoms with Gasteiger partial charge >= 0.3 is 0 Å². The van der Waals surface area contributed by atoms with Crippen molar-refractivity contribution in [1.29, 1.82) is 0 Å². The van der Waals surface area contributed by atoms with Crippen LogP contribution in [0, 0.1) is 5.92 Å². The summed E-state index contributed by atoms with van der Waals surface area (Å²) >= 11 is 0. The van der Waals surface area contributed by atoms with Crippen LogP contribution >= 0.6 is 0 Å². The Morgan fingerprint density at radius 2 is 1.72 bits per heavy atom. The van der Waals surface area contributed by atoms with Crippen LogP contribution in [0.2, 0.25) is 0 Å². The third-order valence-corrected chi connectivity index (χ3v) is 7.49. The summed E-state index contributed by atoms with van der Waals surface area (Å²) in [6, 6.07) is 4.86. The largest absolute Gasteiger partial charge is 0.493 e. The predicted octanol–water partition coefficient (Wildman–Crippen LogP) is 4.41. The number of methoxy groups -OCH3 is 3. The first kappa shape index (κ1) is 22.4. The SMILES string of the molecule is CC.CC.COc1ccc2c3c1OC1C(OC)(OC)CCC4C(C2)N(C)CCC341. The van der Waals surface area contributed by atoms with E-state index in [4.69, 9.17) is 18.9 Å². The molecule has 0 radical (unpaired) electrons. The molecule has 2 bridgehead atoms. The van der Waals surface area contributed by atoms with Gasteiger partial charge in [-0.2, -0.15) is 0 Å². The molecule has 2 aliphatic carbocycles. The van der Waals surface area contributed by atoms with Crippen LogP contribution in [0.5, 0.6) is 11.5 Å². The molecule has 0 aromatic heterocycles. The van der Waals surface area contributed by atoms with Crippen LogP contribution in [0.25, 0.3) is 0 Å². The fraction of sp³-hybridized carbons (Fsp3) is 0.750. The quantitative estimate of drug-likeness (QED) is 0.697. The van der Waals surface area contributed by atoms with Crippen LogP contribution in [0.1, 0.15) is 58.1 Å². The van der Waals surface area contributed by atoms with Gasteiger partial charge in [-0.1, -0.05) is 33.8 Å². The summed E-state index contributed by atoms with van der Waals surface area (Å²) in [5.41, 5.74) is 2.76. The molecule has 1 saturated heterocycles. The van der Waals surface area contributed by atoms with Crippen LogP contribution < -0.4 is 9.47 Å². The Kier molecular flexibility index (Phi) is 6.52. The molecular weight excluding hydrogens is 366 g/mol. The van der Waals surface area contributed by atoms with Gasteiger partial charge in [0.25, 0.3) is 0 Å². The van der Waals surface area contributed by atoms with Gasteiger partial charge in [-0.05, 0) is 50.4 Å². The fourth-order valence-corrected chi connectivity index (χ4v) is 6.36. The lowest BCUT2D eigenvalue weighted by Crippen LogP contribution is -2.70. The molecule has 164 valence electrons. The minimum absolute atomic E-state index is 0.0289. The van der Waals surface area contributed by atoms with Crippen LogP contribution in [-0.4, -0.2) is 57.8 Å². The lowest BCUT2D eigenvalue weighted by Gasteiger charge is -2.60. The zero-order valence-corrected chi connectivity index (χ0v) is 19.5. The van der Waals surface area contributed by atoms with Crippen molar-refractivity contribution in [3.05, 3.63) is 23.3 Å². The molecule has 2 fully saturated rings. The maximum atomic E-state index is 6.64. The summed E-state index contributed by atoms with van der Waals surface area (Å²) in [4.78, 5) is 2.55. The van der Waals surface area contributed by atoms with Crippen LogP contribution in [0.3, 0.4) is 0 Å². The maximum Gasteiger partial charge on any atom is 0.206 e. The first-order chi connectivity index (χ1) is 14.1. The summed E-state index contributed by atoms with van der Waals surface area (Å²) in [5, 5.41) is 0. The number of likely N-dealkylation sites (tertiary alicyclic amines) is 1. The van der Waals surface area contributed by atoms with E-state index >= 15 is 0 Å². The Morgan fingerprint density at radius 3 is 2.34 bits per heavy atom. The lowest BCUT2D eigenvalue weighted by molar-refractivity contribution is -0.292. The van der Waals surface area contributed by atoms with Crippen LogP contribution in [0.4, 0.5) is 0 Å². The van der Waals surface area contributed by atoms with Gasteiger partial charge < -0.3 is 23.8 Å². The smallest absolute Gasteiger partial charge is 0.206 e. The zero-order valence-electron chi connectivity index (χ0n) is 19.5. The van der Waals surface area contributed by atoms with E-state index < -0.39 is 5.79 Å². The normalized spacial score (nSPS) is 32.6. The van der Waals surface area contributed by atoms with Gasteiger partial charge in [-0.3, -0.25) is 0 Å². The van der Waals surface area contributed by atoms with E-state index in [1.807, 2.05) is 27.7 Å². The van der Waals surface area contributed by atoms with Gasteiger partial charge in [-0.25, -0.2) is 0 Å². The van der Waals surface area contributed by atoms with Gasteiger partial charge in [0.15, 0.2) is 17.6 Å². The first-order valence-electron chi connectivity index (χ1n) is 11.3. The average molecular weight is 406 g/mol. The second-order valence-electron chi connectivity index (χ2n) is 8.04. The van der Waals surface area contributed by atoms with Gasteiger partial charge in [-0.15, -0.1) is 0 Å². The van der Waals surface area contributed by atoms with Crippen LogP contribution in [-0.2, 0) is 21.3 Å². The Bertz CT molecular complexity index is 717. The number of hydrogen-bond donors (Lipinski definition) is 0. The third-order valence-electron chi connectivity index (χ3n) is 7.49. The Balaban J connectivity index is 0.000000568. The monoisotopic (exact) mass is 405 g/mol. The Morgan fingerprint density at radius 1 is 1.03 bits per heavy atom. The van der Waals surface area contributed by atoms with Crippen molar-refractivity contribution in [2.24, 2.45) is 5.92 Å². The highest BCUT2D eigenvalue weighted by Crippen LogP contribution is 2.65. The third kappa shape index (κ3) is 2.84. The summed E-state index contributed by atoms with van der Waals surface area (Å²) < 4.78 is 24.2. The molecule has 4 aliphatic rings. The topological polar surface area (TPSA) is 40.2 Å². The van der Waals surface area contributed by atoms with Crippen molar-refractivity contribution in [3.8, 4) is 11.5 Å². The van der Waals surface area contributed by atoms with Crippen molar-refractivity contribution < 1.29 is 18.9 Å². The molecule has 4 atom stereocenters. The van der Waals surface area contributed by atoms with E-state index in [2.05, 4.69) is 24.1 Å². The average Bonchev–Trinajstić information content (AvgIpc) is 3.14. The highest BCUT2D eigenvalue weighted by atomic mass is 16.7. The molecule has 2 heterocycles. The number of rotatable bonds is 3. The number of likely N-dealkylation sites (N-methyl/N-ethyl adjacent to an activating group) is 1. The standard InChI is InChI=1S/C20H27NO4.2C2H6/c1-21-10-9-19-13-7-8-20(23-3,24-4)18(19)25-17-15(22-2)6-5-12(16(17)19)11-14(13)21;2*1-2/h5-6,13-14,18H,7-11H2,1-4H3;2*1-2H3. The van der Waals surface area contributed by atoms with Crippen molar-refractivity contribution in [1.82, 2.24) is 4.90 Å². The van der Waals surface area contributed by atoms with Gasteiger partial charge in [0.1, 0.15) is 0 Å². The molecule has 29 heavy (non-hydrogen) atoms. The Labute approximate surface area is 176 Å². The molecule has 5 heteroatoms. The van der Waals surface area contributed by atoms with Crippen molar-refractivity contribution in [2.75, 3.05) is 34.9 Å². The van der Waals surface area contributed by atoms with E-state index in [0.717, 1.165) is 43.7 Å². The molecule has 5 nitrogen and oxygen atoms in total. The summed E-state index contributed by atoms with van der Waals surface area (Å²) in [7, 11) is 7.49. The summed E-state index contributed by atoms with van der Waals surface area (Å²) in [5.74, 6) is 1.66. The highest BCUT2D eigenvalue weighted by Gasteiger charge is 2.70. The van der Waals surface area contributed by atoms with Crippen molar-refractivity contribution in [2.45, 2.75) is 76.7 Å². The molecule has 4 unspecified atom stereocenters. The second-order valence-corrected chi connectivity index (χ2v) is 8.04. The predicted molar refractivity (Wildman–Crippen MR) is 116 cm³/mol. The number of piperidine rings is 1. The van der Waals surface area contributed by atoms with E-state index in [0.29, 0.717) is 12.0 Å². The minimum atomic E-state index is -0.685. The molecule has 0 N–H and O–H groups in total. The molecule has 0 amide bonds. The number of nitrogens with zero attached hydrogens (tertiary/aromatic N) is 1. The van der Waals surface area contributed by atoms with E-state index in [1.54, 1.807) is 21.3 Å². The molecule has 5 rings (SSSR count). The molecule has 1 aromatic carbocycles. The van der Waals surface area contributed by atoms with Crippen LogP contribution in [0.15, 0.2) is 12.1 Å². The van der Waals surface area contributed by atoms with Crippen molar-refractivity contribution >= 4 is 0 Å². The van der Waals surface area contributed by atoms with E-state index in [9.17, 15) is 0 Å². The Hall–Kier alpha value is -1.30. The lowest BCUT2D eigenvalue weighted by atomic mass is 9.50. The number of ether oxygens (including phenoxy) is 4. The van der Waals surface area contributed by atoms with Crippen molar-refractivity contribution in [3.63, 3.8) is 0 Å². The number of benzene rings is 1. The minimum Gasteiger partial charge on any atom is -0.493 e. The molecule has 1 aromatic rings. The highest BCUT2D eigenvalue weighted by molar-refractivity contribution is 5.61. The summed E-state index contributed by atoms with van der Waals surface area (Å²) in [6.45, 7) is 9.08. The van der Waals surface area contributed by atoms with Gasteiger partial charge in [0.2, 0.25) is 5.79 Å². The number of hydrogen-bond acceptors (Lipinski definition) is 5. The van der Waals surface area contributed by atoms with E-state index in [-0.39, 0.29) is 11.5 Å².